The monoisotopic (exact) mass is 769 g/mol. The van der Waals surface area contributed by atoms with Crippen molar-refractivity contribution in [3.05, 3.63) is 52.0 Å². The van der Waals surface area contributed by atoms with E-state index in [2.05, 4.69) is 27.9 Å². The number of aromatic nitrogens is 1. The lowest BCUT2D eigenvalue weighted by Crippen LogP contribution is -2.46. The summed E-state index contributed by atoms with van der Waals surface area (Å²) >= 11 is 3.56. The highest BCUT2D eigenvalue weighted by Crippen LogP contribution is 2.41. The van der Waals surface area contributed by atoms with E-state index in [1.807, 2.05) is 56.1 Å². The highest BCUT2D eigenvalue weighted by Gasteiger charge is 2.63. The van der Waals surface area contributed by atoms with Gasteiger partial charge in [-0.2, -0.15) is 0 Å². The van der Waals surface area contributed by atoms with E-state index >= 15 is 0 Å². The molecule has 2 aliphatic heterocycles. The summed E-state index contributed by atoms with van der Waals surface area (Å²) in [4.78, 5) is 60.9. The minimum Gasteiger partial charge on any atom is -0.479 e. The molecule has 2 saturated heterocycles. The third kappa shape index (κ3) is 8.62. The van der Waals surface area contributed by atoms with Crippen LogP contribution in [0.15, 0.2) is 35.7 Å². The van der Waals surface area contributed by atoms with Gasteiger partial charge < -0.3 is 29.7 Å². The van der Waals surface area contributed by atoms with Crippen molar-refractivity contribution in [1.29, 1.82) is 0 Å². The average Bonchev–Trinajstić information content (AvgIpc) is 3.88. The second kappa shape index (κ2) is 15.5. The van der Waals surface area contributed by atoms with Crippen molar-refractivity contribution in [2.24, 2.45) is 5.92 Å². The molecule has 3 heterocycles. The largest absolute Gasteiger partial charge is 0.479 e. The van der Waals surface area contributed by atoms with Crippen LogP contribution in [-0.2, 0) is 30.3 Å². The number of carbonyl (C=O) groups is 4. The number of hydrogen-bond donors (Lipinski definition) is 2. The number of carboxylic acids is 1. The van der Waals surface area contributed by atoms with Gasteiger partial charge in [-0.3, -0.25) is 19.3 Å². The number of rotatable bonds is 17. The number of thiazole rings is 1. The molecule has 4 unspecified atom stereocenters. The molecule has 2 aromatic rings. The Bertz CT molecular complexity index is 1390. The normalized spacial score (nSPS) is 23.7. The number of hydrogen-bond acceptors (Lipinski definition) is 9. The number of carboxylic acid groups (broad SMARTS) is 1. The topological polar surface area (TPSA) is 145 Å². The molecule has 1 aromatic heterocycles. The number of halogens is 1. The summed E-state index contributed by atoms with van der Waals surface area (Å²) < 4.78 is 12.7. The number of benzene rings is 1. The maximum absolute atomic E-state index is 13.8. The standard InChI is InChI=1S/C32H44IN5O7S/c1-19(2)22(37(5)26(39)16-34-28(40)24-17-36(24)4)15-25(44-13-12-33)29-35-21(18-46-29)30(41)38(6)23(14-20-10-8-7-9-11-20)27-32(3,45-27)31(42)43/h7-11,18-19,22-25,27H,12-17H2,1-6H3,(H,34,40)(H,42,43)/t22-,23+,24?,25-,27?,32?,36?/m1/s1. The van der Waals surface area contributed by atoms with E-state index in [9.17, 15) is 24.3 Å². The van der Waals surface area contributed by atoms with Crippen LogP contribution in [0.25, 0.3) is 0 Å². The number of carbonyl (C=O) groups excluding carboxylic acids is 3. The fourth-order valence-corrected chi connectivity index (χ4v) is 6.75. The molecular weight excluding hydrogens is 725 g/mol. The Labute approximate surface area is 287 Å². The van der Waals surface area contributed by atoms with Crippen molar-refractivity contribution < 1.29 is 33.8 Å². The molecule has 46 heavy (non-hydrogen) atoms. The lowest BCUT2D eigenvalue weighted by molar-refractivity contribution is -0.142. The highest BCUT2D eigenvalue weighted by molar-refractivity contribution is 14.1. The summed E-state index contributed by atoms with van der Waals surface area (Å²) in [5.41, 5.74) is -0.176. The zero-order valence-electron chi connectivity index (χ0n) is 27.1. The Morgan fingerprint density at radius 2 is 1.89 bits per heavy atom. The summed E-state index contributed by atoms with van der Waals surface area (Å²) in [6.45, 7) is 6.67. The minimum atomic E-state index is -1.37. The Morgan fingerprint density at radius 3 is 2.46 bits per heavy atom. The van der Waals surface area contributed by atoms with Crippen molar-refractivity contribution in [1.82, 2.24) is 25.0 Å². The van der Waals surface area contributed by atoms with Crippen molar-refractivity contribution in [2.45, 2.75) is 69.5 Å². The van der Waals surface area contributed by atoms with E-state index in [-0.39, 0.29) is 48.0 Å². The molecule has 14 heteroatoms. The first kappa shape index (κ1) is 36.2. The van der Waals surface area contributed by atoms with Gasteiger partial charge in [-0.1, -0.05) is 66.8 Å². The van der Waals surface area contributed by atoms with E-state index in [0.29, 0.717) is 31.0 Å². The van der Waals surface area contributed by atoms with Crippen LogP contribution in [0.5, 0.6) is 0 Å². The summed E-state index contributed by atoms with van der Waals surface area (Å²) in [5.74, 6) is -1.67. The number of amides is 3. The number of aliphatic carboxylic acids is 1. The van der Waals surface area contributed by atoms with Gasteiger partial charge in [0.05, 0.1) is 19.2 Å². The summed E-state index contributed by atoms with van der Waals surface area (Å²) in [7, 11) is 5.25. The van der Waals surface area contributed by atoms with Crippen molar-refractivity contribution in [2.75, 3.05) is 45.3 Å². The molecule has 1 aromatic carbocycles. The number of likely N-dealkylation sites (N-methyl/N-ethyl adjacent to an activating group) is 3. The zero-order valence-corrected chi connectivity index (χ0v) is 30.1. The molecule has 2 aliphatic rings. The lowest BCUT2D eigenvalue weighted by Gasteiger charge is -2.33. The number of alkyl halides is 1. The Morgan fingerprint density at radius 1 is 1.22 bits per heavy atom. The summed E-state index contributed by atoms with van der Waals surface area (Å²) in [6, 6.07) is 8.67. The second-order valence-corrected chi connectivity index (χ2v) is 14.4. The molecule has 2 N–H and O–H groups in total. The van der Waals surface area contributed by atoms with Crippen molar-refractivity contribution in [3.8, 4) is 0 Å². The molecule has 0 bridgehead atoms. The first-order chi connectivity index (χ1) is 21.8. The smallest absolute Gasteiger partial charge is 0.338 e. The molecule has 12 nitrogen and oxygen atoms in total. The molecule has 0 radical (unpaired) electrons. The minimum absolute atomic E-state index is 0.0814. The number of ether oxygens (including phenoxy) is 2. The van der Waals surface area contributed by atoms with Gasteiger partial charge in [-0.25, -0.2) is 9.78 Å². The number of epoxide rings is 1. The molecule has 7 atom stereocenters. The van der Waals surface area contributed by atoms with Crippen LogP contribution in [0.4, 0.5) is 0 Å². The zero-order chi connectivity index (χ0) is 33.8. The van der Waals surface area contributed by atoms with Crippen LogP contribution in [0.1, 0.15) is 54.4 Å². The number of nitrogens with one attached hydrogen (secondary N) is 1. The Balaban J connectivity index is 1.48. The van der Waals surface area contributed by atoms with E-state index in [1.165, 1.54) is 23.2 Å². The van der Waals surface area contributed by atoms with Gasteiger partial charge in [0.1, 0.15) is 29.0 Å². The average molecular weight is 770 g/mol. The SMILES string of the molecule is CC(C)[C@@H](C[C@@H](OCCI)c1nc(C(=O)N(C)[C@@H](Cc2ccccc2)C2OC2(C)C(=O)O)cs1)N(C)C(=O)CNC(=O)C1CN1C. The molecule has 0 spiro atoms. The summed E-state index contributed by atoms with van der Waals surface area (Å²) in [5, 5.41) is 14.8. The fraction of sp³-hybridized carbons (Fsp3) is 0.594. The third-order valence-electron chi connectivity index (χ3n) is 8.84. The molecule has 0 saturated carbocycles. The fourth-order valence-electron chi connectivity index (χ4n) is 5.64. The van der Waals surface area contributed by atoms with Crippen LogP contribution >= 0.6 is 33.9 Å². The molecule has 3 amide bonds. The van der Waals surface area contributed by atoms with Crippen LogP contribution in [0.3, 0.4) is 0 Å². The summed E-state index contributed by atoms with van der Waals surface area (Å²) in [6.07, 6.45) is -0.266. The quantitative estimate of drug-likeness (QED) is 0.141. The van der Waals surface area contributed by atoms with E-state index in [4.69, 9.17) is 14.5 Å². The lowest BCUT2D eigenvalue weighted by atomic mass is 9.95. The van der Waals surface area contributed by atoms with Gasteiger partial charge in [0.25, 0.3) is 5.91 Å². The predicted octanol–water partition coefficient (Wildman–Crippen LogP) is 2.86. The Kier molecular flexibility index (Phi) is 12.2. The van der Waals surface area contributed by atoms with E-state index in [0.717, 1.165) is 9.99 Å². The van der Waals surface area contributed by atoms with E-state index < -0.39 is 29.8 Å². The van der Waals surface area contributed by atoms with Gasteiger partial charge >= 0.3 is 5.97 Å². The van der Waals surface area contributed by atoms with Gasteiger partial charge in [0.15, 0.2) is 5.60 Å². The molecule has 252 valence electrons. The maximum Gasteiger partial charge on any atom is 0.338 e. The predicted molar refractivity (Wildman–Crippen MR) is 182 cm³/mol. The second-order valence-electron chi connectivity index (χ2n) is 12.5. The molecule has 4 rings (SSSR count). The first-order valence-corrected chi connectivity index (χ1v) is 17.8. The molecule has 0 aliphatic carbocycles. The van der Waals surface area contributed by atoms with Crippen molar-refractivity contribution >= 4 is 57.6 Å². The Hall–Kier alpha value is -2.66. The van der Waals surface area contributed by atoms with Crippen LogP contribution < -0.4 is 5.32 Å². The first-order valence-electron chi connectivity index (χ1n) is 15.4. The van der Waals surface area contributed by atoms with Crippen LogP contribution in [0, 0.1) is 5.92 Å². The number of nitrogens with zero attached hydrogens (tertiary/aromatic N) is 4. The van der Waals surface area contributed by atoms with Gasteiger partial charge in [-0.15, -0.1) is 11.3 Å². The van der Waals surface area contributed by atoms with Crippen LogP contribution in [-0.4, -0.2) is 124 Å². The third-order valence-corrected chi connectivity index (χ3v) is 10.2. The van der Waals surface area contributed by atoms with Crippen molar-refractivity contribution in [3.63, 3.8) is 0 Å². The van der Waals surface area contributed by atoms with Gasteiger partial charge in [0.2, 0.25) is 11.8 Å². The molecule has 2 fully saturated rings. The maximum atomic E-state index is 13.8. The van der Waals surface area contributed by atoms with Gasteiger partial charge in [0, 0.05) is 42.9 Å². The molecular formula is C32H44IN5O7S. The highest BCUT2D eigenvalue weighted by atomic mass is 127. The van der Waals surface area contributed by atoms with Gasteiger partial charge in [-0.05, 0) is 31.9 Å². The van der Waals surface area contributed by atoms with E-state index in [1.54, 1.807) is 24.4 Å². The van der Waals surface area contributed by atoms with Crippen LogP contribution in [0.2, 0.25) is 0 Å².